The molecule has 1 heterocycles. The third-order valence-corrected chi connectivity index (χ3v) is 3.39. The van der Waals surface area contributed by atoms with Crippen LogP contribution in [0.1, 0.15) is 21.7 Å². The lowest BCUT2D eigenvalue weighted by Gasteiger charge is -2.08. The fourth-order valence-corrected chi connectivity index (χ4v) is 2.09. The molecule has 1 N–H and O–H groups in total. The first-order valence-electron chi connectivity index (χ1n) is 7.59. The number of hydrogen-bond acceptors (Lipinski definition) is 4. The van der Waals surface area contributed by atoms with Gasteiger partial charge in [0.15, 0.2) is 5.69 Å². The van der Waals surface area contributed by atoms with Crippen LogP contribution < -0.4 is 10.1 Å². The highest BCUT2D eigenvalue weighted by atomic mass is 16.5. The van der Waals surface area contributed by atoms with E-state index in [0.29, 0.717) is 12.3 Å². The van der Waals surface area contributed by atoms with Gasteiger partial charge in [-0.25, -0.2) is 0 Å². The van der Waals surface area contributed by atoms with Gasteiger partial charge in [0.05, 0.1) is 5.69 Å². The number of carbonyl (C=O) groups excluding carboxylic acids is 1. The zero-order chi connectivity index (χ0) is 16.8. The molecule has 0 spiro atoms. The van der Waals surface area contributed by atoms with Crippen molar-refractivity contribution in [1.82, 2.24) is 10.2 Å². The summed E-state index contributed by atoms with van der Waals surface area (Å²) in [6.45, 7) is 2.33. The van der Waals surface area contributed by atoms with Crippen LogP contribution in [-0.4, -0.2) is 16.1 Å². The average Bonchev–Trinajstić information content (AvgIpc) is 2.62. The molecule has 120 valence electrons. The number of carbonyl (C=O) groups is 1. The Balaban J connectivity index is 1.58. The Kier molecular flexibility index (Phi) is 4.81. The van der Waals surface area contributed by atoms with Gasteiger partial charge in [-0.3, -0.25) is 4.79 Å². The number of nitrogens with zero attached hydrogens (tertiary/aromatic N) is 2. The number of anilines is 1. The molecule has 0 aliphatic heterocycles. The van der Waals surface area contributed by atoms with E-state index in [4.69, 9.17) is 4.74 Å². The van der Waals surface area contributed by atoms with E-state index in [1.54, 1.807) is 24.3 Å². The van der Waals surface area contributed by atoms with Gasteiger partial charge < -0.3 is 10.1 Å². The first kappa shape index (κ1) is 15.7. The molecule has 3 aromatic rings. The predicted molar refractivity (Wildman–Crippen MR) is 91.9 cm³/mol. The van der Waals surface area contributed by atoms with Crippen LogP contribution in [-0.2, 0) is 6.61 Å². The SMILES string of the molecule is Cc1ccc(C(=O)Nc2ccc(OCc3ccccc3)cc2)nn1. The third-order valence-electron chi connectivity index (χ3n) is 3.39. The molecule has 0 saturated heterocycles. The maximum absolute atomic E-state index is 12.1. The topological polar surface area (TPSA) is 64.1 Å². The fraction of sp³-hybridized carbons (Fsp3) is 0.105. The van der Waals surface area contributed by atoms with E-state index in [-0.39, 0.29) is 11.6 Å². The Bertz CT molecular complexity index is 800. The minimum Gasteiger partial charge on any atom is -0.489 e. The summed E-state index contributed by atoms with van der Waals surface area (Å²) in [7, 11) is 0. The van der Waals surface area contributed by atoms with Crippen molar-refractivity contribution in [2.45, 2.75) is 13.5 Å². The molecule has 1 aromatic heterocycles. The van der Waals surface area contributed by atoms with Gasteiger partial charge in [-0.1, -0.05) is 30.3 Å². The smallest absolute Gasteiger partial charge is 0.276 e. The quantitative estimate of drug-likeness (QED) is 0.780. The molecule has 0 bridgehead atoms. The Morgan fingerprint density at radius 3 is 2.38 bits per heavy atom. The minimum atomic E-state index is -0.291. The largest absolute Gasteiger partial charge is 0.489 e. The number of hydrogen-bond donors (Lipinski definition) is 1. The number of ether oxygens (including phenoxy) is 1. The maximum Gasteiger partial charge on any atom is 0.276 e. The zero-order valence-corrected chi connectivity index (χ0v) is 13.3. The molecule has 0 saturated carbocycles. The second kappa shape index (κ2) is 7.37. The first-order chi connectivity index (χ1) is 11.7. The number of benzene rings is 2. The second-order valence-electron chi connectivity index (χ2n) is 5.31. The monoisotopic (exact) mass is 319 g/mol. The molecule has 0 unspecified atom stereocenters. The van der Waals surface area contributed by atoms with Crippen LogP contribution in [0.3, 0.4) is 0 Å². The second-order valence-corrected chi connectivity index (χ2v) is 5.31. The van der Waals surface area contributed by atoms with Crippen LogP contribution in [0.15, 0.2) is 66.7 Å². The molecule has 3 rings (SSSR count). The van der Waals surface area contributed by atoms with Crippen molar-refractivity contribution in [3.63, 3.8) is 0 Å². The molecule has 0 atom stereocenters. The van der Waals surface area contributed by atoms with E-state index in [1.165, 1.54) is 0 Å². The van der Waals surface area contributed by atoms with Crippen molar-refractivity contribution in [2.75, 3.05) is 5.32 Å². The third kappa shape index (κ3) is 4.16. The highest BCUT2D eigenvalue weighted by Gasteiger charge is 2.08. The number of nitrogens with one attached hydrogen (secondary N) is 1. The van der Waals surface area contributed by atoms with E-state index in [9.17, 15) is 4.79 Å². The molecule has 5 heteroatoms. The lowest BCUT2D eigenvalue weighted by molar-refractivity contribution is 0.102. The number of aryl methyl sites for hydroxylation is 1. The predicted octanol–water partition coefficient (Wildman–Crippen LogP) is 3.62. The first-order valence-corrected chi connectivity index (χ1v) is 7.59. The normalized spacial score (nSPS) is 10.2. The van der Waals surface area contributed by atoms with Crippen LogP contribution in [0.4, 0.5) is 5.69 Å². The van der Waals surface area contributed by atoms with Crippen molar-refractivity contribution < 1.29 is 9.53 Å². The van der Waals surface area contributed by atoms with Gasteiger partial charge in [0.25, 0.3) is 5.91 Å². The Morgan fingerprint density at radius 1 is 0.958 bits per heavy atom. The van der Waals surface area contributed by atoms with Gasteiger partial charge in [-0.05, 0) is 48.9 Å². The lowest BCUT2D eigenvalue weighted by atomic mass is 10.2. The molecule has 2 aromatic carbocycles. The summed E-state index contributed by atoms with van der Waals surface area (Å²) in [5.41, 5.74) is 2.83. The van der Waals surface area contributed by atoms with Gasteiger partial charge >= 0.3 is 0 Å². The highest BCUT2D eigenvalue weighted by molar-refractivity contribution is 6.02. The Hall–Kier alpha value is -3.21. The van der Waals surface area contributed by atoms with E-state index >= 15 is 0 Å². The van der Waals surface area contributed by atoms with Gasteiger partial charge in [-0.2, -0.15) is 5.10 Å². The van der Waals surface area contributed by atoms with Gasteiger partial charge in [0.1, 0.15) is 12.4 Å². The lowest BCUT2D eigenvalue weighted by Crippen LogP contribution is -2.14. The van der Waals surface area contributed by atoms with Crippen molar-refractivity contribution in [3.8, 4) is 5.75 Å². The Labute approximate surface area is 140 Å². The average molecular weight is 319 g/mol. The Morgan fingerprint density at radius 2 is 1.71 bits per heavy atom. The summed E-state index contributed by atoms with van der Waals surface area (Å²) in [4.78, 5) is 12.1. The van der Waals surface area contributed by atoms with Crippen molar-refractivity contribution in [3.05, 3.63) is 83.7 Å². The molecule has 0 fully saturated rings. The maximum atomic E-state index is 12.1. The summed E-state index contributed by atoms with van der Waals surface area (Å²) >= 11 is 0. The molecular formula is C19H17N3O2. The molecule has 24 heavy (non-hydrogen) atoms. The van der Waals surface area contributed by atoms with Gasteiger partial charge in [0, 0.05) is 5.69 Å². The molecule has 0 radical (unpaired) electrons. The molecule has 0 aliphatic carbocycles. The van der Waals surface area contributed by atoms with E-state index in [1.807, 2.05) is 49.4 Å². The standard InChI is InChI=1S/C19H17N3O2/c1-14-7-12-18(22-21-14)19(23)20-16-8-10-17(11-9-16)24-13-15-5-3-2-4-6-15/h2-12H,13H2,1H3,(H,20,23). The van der Waals surface area contributed by atoms with Crippen LogP contribution in [0.5, 0.6) is 5.75 Å². The summed E-state index contributed by atoms with van der Waals surface area (Å²) < 4.78 is 5.71. The molecular weight excluding hydrogens is 302 g/mol. The van der Waals surface area contributed by atoms with Crippen LogP contribution in [0, 0.1) is 6.92 Å². The van der Waals surface area contributed by atoms with Crippen LogP contribution in [0.25, 0.3) is 0 Å². The fourth-order valence-electron chi connectivity index (χ4n) is 2.09. The highest BCUT2D eigenvalue weighted by Crippen LogP contribution is 2.17. The van der Waals surface area contributed by atoms with Crippen LogP contribution in [0.2, 0.25) is 0 Å². The summed E-state index contributed by atoms with van der Waals surface area (Å²) in [6.07, 6.45) is 0. The summed E-state index contributed by atoms with van der Waals surface area (Å²) in [5, 5.41) is 10.5. The van der Waals surface area contributed by atoms with Crippen molar-refractivity contribution >= 4 is 11.6 Å². The van der Waals surface area contributed by atoms with E-state index in [2.05, 4.69) is 15.5 Å². The van der Waals surface area contributed by atoms with Gasteiger partial charge in [-0.15, -0.1) is 5.10 Å². The number of amides is 1. The molecule has 5 nitrogen and oxygen atoms in total. The van der Waals surface area contributed by atoms with Crippen molar-refractivity contribution in [2.24, 2.45) is 0 Å². The summed E-state index contributed by atoms with van der Waals surface area (Å²) in [5.74, 6) is 0.451. The zero-order valence-electron chi connectivity index (χ0n) is 13.3. The van der Waals surface area contributed by atoms with E-state index in [0.717, 1.165) is 17.0 Å². The minimum absolute atomic E-state index is 0.282. The number of rotatable bonds is 5. The van der Waals surface area contributed by atoms with Gasteiger partial charge in [0.2, 0.25) is 0 Å². The summed E-state index contributed by atoms with van der Waals surface area (Å²) in [6, 6.07) is 20.6. The van der Waals surface area contributed by atoms with E-state index < -0.39 is 0 Å². The van der Waals surface area contributed by atoms with Crippen molar-refractivity contribution in [1.29, 1.82) is 0 Å². The number of aromatic nitrogens is 2. The molecule has 0 aliphatic rings. The van der Waals surface area contributed by atoms with Crippen LogP contribution >= 0.6 is 0 Å². The molecule has 1 amide bonds.